The van der Waals surface area contributed by atoms with Crippen molar-refractivity contribution in [2.24, 2.45) is 5.10 Å². The molecule has 0 aliphatic carbocycles. The molecule has 12 heteroatoms. The standard InChI is InChI=1S/C26H22ClF3N4O3S/c1-31-32-25-33(14-15-38(2,35)36)17-24(18-4-3-5-19(16-18)26(28,29)30)34(25)21-8-12-23(13-9-21)37-22-10-6-20(27)7-11-22/h3-13,16,24H,14-15,17H2,2H3/b32-25+. The number of nitrogens with zero attached hydrogens (tertiary/aromatic N) is 4. The van der Waals surface area contributed by atoms with Gasteiger partial charge in [0.2, 0.25) is 0 Å². The molecule has 3 aromatic carbocycles. The zero-order chi connectivity index (χ0) is 27.5. The van der Waals surface area contributed by atoms with Crippen LogP contribution in [0.1, 0.15) is 17.2 Å². The van der Waals surface area contributed by atoms with Gasteiger partial charge in [-0.1, -0.05) is 23.7 Å². The van der Waals surface area contributed by atoms with Crippen LogP contribution in [0.5, 0.6) is 11.5 Å². The normalized spacial score (nSPS) is 17.1. The Balaban J connectivity index is 1.72. The average molecular weight is 563 g/mol. The lowest BCUT2D eigenvalue weighted by atomic mass is 10.0. The molecule has 0 spiro atoms. The van der Waals surface area contributed by atoms with Crippen LogP contribution in [-0.4, -0.2) is 44.4 Å². The first-order valence-corrected chi connectivity index (χ1v) is 13.8. The Morgan fingerprint density at radius 3 is 2.29 bits per heavy atom. The second kappa shape index (κ2) is 10.9. The van der Waals surface area contributed by atoms with Crippen LogP contribution < -0.4 is 9.64 Å². The van der Waals surface area contributed by atoms with E-state index in [0.29, 0.717) is 27.8 Å². The number of hydrogen-bond donors (Lipinski definition) is 0. The highest BCUT2D eigenvalue weighted by molar-refractivity contribution is 7.90. The SMILES string of the molecule is [C-]#[N+]/N=C1\N(CCS(C)(=O)=O)CC(c2cccc(C(F)(F)F)c2)N1c1ccc(Oc2ccc(Cl)cc2)cc1. The topological polar surface area (TPSA) is 66.6 Å². The molecule has 0 bridgehead atoms. The molecule has 1 fully saturated rings. The van der Waals surface area contributed by atoms with E-state index in [-0.39, 0.29) is 24.8 Å². The van der Waals surface area contributed by atoms with E-state index in [4.69, 9.17) is 22.9 Å². The van der Waals surface area contributed by atoms with Crippen LogP contribution in [-0.2, 0) is 16.0 Å². The monoisotopic (exact) mass is 562 g/mol. The maximum atomic E-state index is 13.5. The summed E-state index contributed by atoms with van der Waals surface area (Å²) in [6.07, 6.45) is -3.44. The lowest BCUT2D eigenvalue weighted by molar-refractivity contribution is -0.137. The average Bonchev–Trinajstić information content (AvgIpc) is 3.22. The molecule has 198 valence electrons. The minimum absolute atomic E-state index is 0.0247. The van der Waals surface area contributed by atoms with E-state index in [1.54, 1.807) is 64.4 Å². The van der Waals surface area contributed by atoms with Gasteiger partial charge in [0.05, 0.1) is 17.4 Å². The van der Waals surface area contributed by atoms with Crippen molar-refractivity contribution in [2.75, 3.05) is 30.0 Å². The van der Waals surface area contributed by atoms with Gasteiger partial charge in [-0.25, -0.2) is 8.42 Å². The fourth-order valence-corrected chi connectivity index (χ4v) is 4.75. The summed E-state index contributed by atoms with van der Waals surface area (Å²) in [7, 11) is -3.34. The van der Waals surface area contributed by atoms with E-state index in [2.05, 4.69) is 10.1 Å². The summed E-state index contributed by atoms with van der Waals surface area (Å²) in [5.41, 5.74) is 0.0842. The first kappa shape index (κ1) is 27.3. The first-order chi connectivity index (χ1) is 17.9. The first-order valence-electron chi connectivity index (χ1n) is 11.3. The number of halogens is 4. The van der Waals surface area contributed by atoms with Gasteiger partial charge in [0.15, 0.2) is 0 Å². The van der Waals surface area contributed by atoms with E-state index >= 15 is 0 Å². The molecule has 0 saturated carbocycles. The molecule has 7 nitrogen and oxygen atoms in total. The summed E-state index contributed by atoms with van der Waals surface area (Å²) in [6.45, 7) is 7.47. The molecule has 1 aliphatic heterocycles. The molecule has 3 aromatic rings. The van der Waals surface area contributed by atoms with Gasteiger partial charge >= 0.3 is 6.18 Å². The molecule has 1 unspecified atom stereocenters. The maximum Gasteiger partial charge on any atom is 0.416 e. The zero-order valence-corrected chi connectivity index (χ0v) is 21.6. The molecule has 1 atom stereocenters. The van der Waals surface area contributed by atoms with Crippen molar-refractivity contribution in [2.45, 2.75) is 12.2 Å². The summed E-state index contributed by atoms with van der Waals surface area (Å²) < 4.78 is 69.9. The Bertz CT molecular complexity index is 1470. The molecular formula is C26H22ClF3N4O3S. The predicted octanol–water partition coefficient (Wildman–Crippen LogP) is 6.25. The van der Waals surface area contributed by atoms with Crippen LogP contribution in [0, 0.1) is 6.57 Å². The van der Waals surface area contributed by atoms with Crippen molar-refractivity contribution < 1.29 is 26.3 Å². The van der Waals surface area contributed by atoms with Crippen molar-refractivity contribution in [3.05, 3.63) is 100 Å². The second-order valence-corrected chi connectivity index (χ2v) is 11.3. The van der Waals surface area contributed by atoms with Gasteiger partial charge in [-0.3, -0.25) is 4.90 Å². The van der Waals surface area contributed by atoms with E-state index in [9.17, 15) is 21.6 Å². The molecule has 4 rings (SSSR count). The molecule has 0 N–H and O–H groups in total. The molecule has 38 heavy (non-hydrogen) atoms. The van der Waals surface area contributed by atoms with E-state index in [0.717, 1.165) is 18.4 Å². The molecule has 0 aromatic heterocycles. The fourth-order valence-electron chi connectivity index (χ4n) is 4.07. The van der Waals surface area contributed by atoms with E-state index < -0.39 is 27.6 Å². The quantitative estimate of drug-likeness (QED) is 0.252. The number of guanidine groups is 1. The third-order valence-electron chi connectivity index (χ3n) is 5.84. The summed E-state index contributed by atoms with van der Waals surface area (Å²) >= 11 is 5.91. The molecule has 0 radical (unpaired) electrons. The van der Waals surface area contributed by atoms with Gasteiger partial charge in [0.25, 0.3) is 5.96 Å². The largest absolute Gasteiger partial charge is 0.457 e. The van der Waals surface area contributed by atoms with Crippen molar-refractivity contribution >= 4 is 33.1 Å². The Kier molecular flexibility index (Phi) is 7.85. The number of sulfone groups is 1. The van der Waals surface area contributed by atoms with Crippen molar-refractivity contribution in [3.8, 4) is 11.5 Å². The van der Waals surface area contributed by atoms with E-state index in [1.165, 1.54) is 6.07 Å². The maximum absolute atomic E-state index is 13.5. The number of rotatable bonds is 7. The van der Waals surface area contributed by atoms with Crippen LogP contribution in [0.2, 0.25) is 5.02 Å². The molecule has 1 saturated heterocycles. The van der Waals surface area contributed by atoms with Gasteiger partial charge in [0, 0.05) is 30.1 Å². The molecule has 0 amide bonds. The summed E-state index contributed by atoms with van der Waals surface area (Å²) in [6, 6.07) is 17.8. The van der Waals surface area contributed by atoms with Gasteiger partial charge < -0.3 is 9.64 Å². The minimum Gasteiger partial charge on any atom is -0.457 e. The third-order valence-corrected chi connectivity index (χ3v) is 7.01. The highest BCUT2D eigenvalue weighted by Crippen LogP contribution is 2.38. The van der Waals surface area contributed by atoms with Gasteiger partial charge in [0.1, 0.15) is 26.4 Å². The van der Waals surface area contributed by atoms with Crippen LogP contribution in [0.4, 0.5) is 18.9 Å². The Morgan fingerprint density at radius 1 is 1.08 bits per heavy atom. The summed E-state index contributed by atoms with van der Waals surface area (Å²) in [5.74, 6) is 1.01. The van der Waals surface area contributed by atoms with Crippen LogP contribution >= 0.6 is 11.6 Å². The number of hydrogen-bond acceptors (Lipinski definition) is 4. The fraction of sp³-hybridized carbons (Fsp3) is 0.231. The third kappa shape index (κ3) is 6.57. The van der Waals surface area contributed by atoms with Crippen molar-refractivity contribution in [3.63, 3.8) is 0 Å². The highest BCUT2D eigenvalue weighted by Gasteiger charge is 2.40. The molecular weight excluding hydrogens is 541 g/mol. The smallest absolute Gasteiger partial charge is 0.416 e. The number of alkyl halides is 3. The summed E-state index contributed by atoms with van der Waals surface area (Å²) in [4.78, 5) is 6.38. The number of benzene rings is 3. The van der Waals surface area contributed by atoms with Crippen molar-refractivity contribution in [1.29, 1.82) is 0 Å². The highest BCUT2D eigenvalue weighted by atomic mass is 35.5. The van der Waals surface area contributed by atoms with Gasteiger partial charge in [-0.15, -0.1) is 4.95 Å². The Hall–Kier alpha value is -3.75. The minimum atomic E-state index is -4.54. The lowest BCUT2D eigenvalue weighted by Crippen LogP contribution is -2.36. The Morgan fingerprint density at radius 2 is 1.71 bits per heavy atom. The van der Waals surface area contributed by atoms with E-state index in [1.807, 2.05) is 0 Å². The molecule has 1 heterocycles. The lowest BCUT2D eigenvalue weighted by Gasteiger charge is -2.25. The Labute approximate surface area is 223 Å². The number of anilines is 1. The molecule has 1 aliphatic rings. The summed E-state index contributed by atoms with van der Waals surface area (Å²) in [5, 5.41) is 4.47. The van der Waals surface area contributed by atoms with Gasteiger partial charge in [-0.05, 0) is 66.2 Å². The predicted molar refractivity (Wildman–Crippen MR) is 140 cm³/mol. The van der Waals surface area contributed by atoms with Crippen LogP contribution in [0.3, 0.4) is 0 Å². The van der Waals surface area contributed by atoms with Crippen LogP contribution in [0.15, 0.2) is 77.9 Å². The van der Waals surface area contributed by atoms with Gasteiger partial charge in [-0.2, -0.15) is 19.7 Å². The number of ether oxygens (including phenoxy) is 1. The van der Waals surface area contributed by atoms with Crippen molar-refractivity contribution in [1.82, 2.24) is 4.90 Å². The van der Waals surface area contributed by atoms with Crippen LogP contribution in [0.25, 0.3) is 4.95 Å². The zero-order valence-electron chi connectivity index (χ0n) is 20.1. The second-order valence-electron chi connectivity index (χ2n) is 8.63.